The lowest BCUT2D eigenvalue weighted by molar-refractivity contribution is 0.0947. The van der Waals surface area contributed by atoms with Crippen molar-refractivity contribution in [1.29, 1.82) is 5.41 Å². The first-order valence-corrected chi connectivity index (χ1v) is 14.2. The van der Waals surface area contributed by atoms with Gasteiger partial charge in [0.2, 0.25) is 0 Å². The maximum Gasteiger partial charge on any atom is 0.271 e. The number of hydrogen-bond donors (Lipinski definition) is 6. The molecule has 41 heavy (non-hydrogen) atoms. The predicted molar refractivity (Wildman–Crippen MR) is 164 cm³/mol. The zero-order chi connectivity index (χ0) is 29.6. The van der Waals surface area contributed by atoms with Crippen LogP contribution in [0.1, 0.15) is 55.6 Å². The molecule has 11 nitrogen and oxygen atoms in total. The molecule has 0 bridgehead atoms. The summed E-state index contributed by atoms with van der Waals surface area (Å²) in [6.45, 7) is 6.09. The number of carbonyl (C=O) groups is 1. The number of pyridine rings is 1. The number of anilines is 2. The normalized spacial score (nSPS) is 11.8. The van der Waals surface area contributed by atoms with Crippen molar-refractivity contribution in [3.63, 3.8) is 0 Å². The number of aromatic nitrogens is 3. The number of likely N-dealkylation sites (N-methyl/N-ethyl adjacent to an activating group) is 1. The molecule has 1 aromatic carbocycles. The number of benzene rings is 1. The number of hydrogen-bond acceptors (Lipinski definition) is 9. The predicted octanol–water partition coefficient (Wildman–Crippen LogP) is 3.66. The molecule has 0 aliphatic heterocycles. The Morgan fingerprint density at radius 2 is 1.93 bits per heavy atom. The Hall–Kier alpha value is -3.96. The molecule has 0 saturated heterocycles. The van der Waals surface area contributed by atoms with Crippen LogP contribution in [-0.2, 0) is 7.05 Å². The topological polar surface area (TPSA) is 149 Å². The van der Waals surface area contributed by atoms with Gasteiger partial charge in [-0.1, -0.05) is 25.0 Å². The van der Waals surface area contributed by atoms with Crippen LogP contribution in [0.3, 0.4) is 0 Å². The molecule has 1 amide bonds. The average Bonchev–Trinajstić information content (AvgIpc) is 3.39. The molecule has 0 spiro atoms. The van der Waals surface area contributed by atoms with Crippen molar-refractivity contribution in [3.8, 4) is 17.0 Å². The molecule has 0 aliphatic rings. The zero-order valence-corrected chi connectivity index (χ0v) is 24.5. The summed E-state index contributed by atoms with van der Waals surface area (Å²) in [5, 5.41) is 34.9. The van der Waals surface area contributed by atoms with Crippen LogP contribution in [0.5, 0.6) is 5.75 Å². The summed E-state index contributed by atoms with van der Waals surface area (Å²) in [5.74, 6) is 1.16. The van der Waals surface area contributed by atoms with Gasteiger partial charge in [-0.25, -0.2) is 4.98 Å². The lowest BCUT2D eigenvalue weighted by Gasteiger charge is -2.18. The third kappa shape index (κ3) is 10.2. The van der Waals surface area contributed by atoms with E-state index in [1.165, 1.54) is 6.21 Å². The highest BCUT2D eigenvalue weighted by Crippen LogP contribution is 2.30. The Labute approximate surface area is 242 Å². The lowest BCUT2D eigenvalue weighted by atomic mass is 10.1. The van der Waals surface area contributed by atoms with Gasteiger partial charge in [-0.2, -0.15) is 5.10 Å². The minimum absolute atomic E-state index is 0.144. The van der Waals surface area contributed by atoms with Gasteiger partial charge in [0.05, 0.1) is 11.3 Å². The number of carbonyl (C=O) groups excluding carboxylic acids is 1. The molecule has 3 aromatic rings. The van der Waals surface area contributed by atoms with Crippen LogP contribution in [0.25, 0.3) is 11.3 Å². The third-order valence-electron chi connectivity index (χ3n) is 6.29. The average molecular weight is 565 g/mol. The summed E-state index contributed by atoms with van der Waals surface area (Å²) < 4.78 is 7.41. The van der Waals surface area contributed by atoms with Gasteiger partial charge >= 0.3 is 0 Å². The van der Waals surface area contributed by atoms with Crippen LogP contribution in [0.15, 0.2) is 42.6 Å². The molecule has 1 atom stereocenters. The van der Waals surface area contributed by atoms with E-state index in [4.69, 9.17) is 15.1 Å². The van der Waals surface area contributed by atoms with Crippen molar-refractivity contribution in [3.05, 3.63) is 53.9 Å². The first-order valence-electron chi connectivity index (χ1n) is 14.2. The van der Waals surface area contributed by atoms with E-state index >= 15 is 0 Å². The first-order chi connectivity index (χ1) is 19.8. The van der Waals surface area contributed by atoms with E-state index in [-0.39, 0.29) is 18.6 Å². The molecule has 2 aromatic heterocycles. The second kappa shape index (κ2) is 16.3. The maximum absolute atomic E-state index is 12.1. The molecule has 11 heteroatoms. The van der Waals surface area contributed by atoms with Gasteiger partial charge in [0.15, 0.2) is 0 Å². The lowest BCUT2D eigenvalue weighted by Crippen LogP contribution is -2.29. The minimum Gasteiger partial charge on any atom is -0.491 e. The Balaban J connectivity index is 1.59. The molecule has 0 radical (unpaired) electrons. The Kier molecular flexibility index (Phi) is 12.6. The van der Waals surface area contributed by atoms with Crippen molar-refractivity contribution in [2.24, 2.45) is 7.05 Å². The van der Waals surface area contributed by atoms with Crippen LogP contribution in [0.2, 0.25) is 0 Å². The molecule has 2 heterocycles. The van der Waals surface area contributed by atoms with E-state index < -0.39 is 6.10 Å². The fraction of sp³-hybridized carbons (Fsp3) is 0.467. The molecule has 6 N–H and O–H groups in total. The van der Waals surface area contributed by atoms with Crippen molar-refractivity contribution in [1.82, 2.24) is 25.4 Å². The molecule has 0 fully saturated rings. The molecule has 222 valence electrons. The van der Waals surface area contributed by atoms with Crippen LogP contribution in [-0.4, -0.2) is 77.4 Å². The van der Waals surface area contributed by atoms with Crippen molar-refractivity contribution in [2.45, 2.75) is 51.7 Å². The summed E-state index contributed by atoms with van der Waals surface area (Å²) in [4.78, 5) is 16.9. The number of aliphatic hydroxyl groups excluding tert-OH is 1. The standard InChI is InChI=1S/C30H44N8O3/c1-21(2)35-29-25(18-31)28(33-13-7-5-6-8-14-34-30(40)26-12-15-38(4)37-26)17-27(36-29)22-10-9-11-24(16-22)41-20-23(39)19-32-3/h9-12,15-18,21,23,31-32,39H,5-8,13-14,19-20H2,1-4H3,(H,34,40)(H2,33,35,36). The summed E-state index contributed by atoms with van der Waals surface area (Å²) >= 11 is 0. The third-order valence-corrected chi connectivity index (χ3v) is 6.29. The fourth-order valence-corrected chi connectivity index (χ4v) is 4.27. The van der Waals surface area contributed by atoms with E-state index in [0.29, 0.717) is 35.9 Å². The number of unbranched alkanes of at least 4 members (excludes halogenated alkanes) is 3. The Bertz CT molecular complexity index is 1260. The summed E-state index contributed by atoms with van der Waals surface area (Å²) in [6, 6.07) is 11.5. The quantitative estimate of drug-likeness (QED) is 0.101. The highest BCUT2D eigenvalue weighted by molar-refractivity contribution is 5.94. The number of nitrogens with zero attached hydrogens (tertiary/aromatic N) is 3. The number of rotatable bonds is 18. The molecule has 0 saturated carbocycles. The number of nitrogens with one attached hydrogen (secondary N) is 5. The second-order valence-corrected chi connectivity index (χ2v) is 10.3. The summed E-state index contributed by atoms with van der Waals surface area (Å²) in [5.41, 5.74) is 3.62. The number of aliphatic hydroxyl groups is 1. The van der Waals surface area contributed by atoms with E-state index in [0.717, 1.165) is 49.2 Å². The number of aryl methyl sites for hydroxylation is 1. The molecular formula is C30H44N8O3. The van der Waals surface area contributed by atoms with Gasteiger partial charge in [-0.05, 0) is 58.0 Å². The van der Waals surface area contributed by atoms with Crippen molar-refractivity contribution < 1.29 is 14.6 Å². The van der Waals surface area contributed by atoms with Crippen LogP contribution in [0.4, 0.5) is 11.5 Å². The molecule has 1 unspecified atom stereocenters. The largest absolute Gasteiger partial charge is 0.491 e. The highest BCUT2D eigenvalue weighted by atomic mass is 16.5. The van der Waals surface area contributed by atoms with E-state index in [1.54, 1.807) is 31.0 Å². The van der Waals surface area contributed by atoms with Crippen molar-refractivity contribution in [2.75, 3.05) is 43.9 Å². The van der Waals surface area contributed by atoms with E-state index in [2.05, 4.69) is 26.4 Å². The van der Waals surface area contributed by atoms with Crippen LogP contribution < -0.4 is 26.0 Å². The van der Waals surface area contributed by atoms with Gasteiger partial charge in [-0.15, -0.1) is 0 Å². The van der Waals surface area contributed by atoms with Gasteiger partial charge in [0, 0.05) is 56.4 Å². The van der Waals surface area contributed by atoms with Gasteiger partial charge in [-0.3, -0.25) is 9.48 Å². The van der Waals surface area contributed by atoms with Crippen LogP contribution >= 0.6 is 0 Å². The maximum atomic E-state index is 12.1. The molecule has 0 aliphatic carbocycles. The van der Waals surface area contributed by atoms with E-state index in [1.807, 2.05) is 44.2 Å². The van der Waals surface area contributed by atoms with Gasteiger partial charge in [0.1, 0.15) is 30.0 Å². The number of ether oxygens (including phenoxy) is 1. The SMILES string of the molecule is CNCC(O)COc1cccc(-c2cc(NCCCCCCNC(=O)c3ccn(C)n3)c(C=N)c(NC(C)C)n2)c1. The summed E-state index contributed by atoms with van der Waals surface area (Å²) in [7, 11) is 3.58. The minimum atomic E-state index is -0.600. The Morgan fingerprint density at radius 1 is 1.15 bits per heavy atom. The second-order valence-electron chi connectivity index (χ2n) is 10.3. The van der Waals surface area contributed by atoms with Gasteiger partial charge < -0.3 is 36.5 Å². The smallest absolute Gasteiger partial charge is 0.271 e. The fourth-order valence-electron chi connectivity index (χ4n) is 4.27. The number of amides is 1. The van der Waals surface area contributed by atoms with Crippen molar-refractivity contribution >= 4 is 23.6 Å². The Morgan fingerprint density at radius 3 is 2.61 bits per heavy atom. The molecule has 3 rings (SSSR count). The zero-order valence-electron chi connectivity index (χ0n) is 24.5. The van der Waals surface area contributed by atoms with E-state index in [9.17, 15) is 9.90 Å². The molecular weight excluding hydrogens is 520 g/mol. The van der Waals surface area contributed by atoms with Gasteiger partial charge in [0.25, 0.3) is 5.91 Å². The monoisotopic (exact) mass is 564 g/mol. The first kappa shape index (κ1) is 31.6. The highest BCUT2D eigenvalue weighted by Gasteiger charge is 2.14. The van der Waals surface area contributed by atoms with Crippen LogP contribution in [0, 0.1) is 5.41 Å². The summed E-state index contributed by atoms with van der Waals surface area (Å²) in [6.07, 6.45) is 6.35.